The van der Waals surface area contributed by atoms with Gasteiger partial charge in [0.15, 0.2) is 0 Å². The van der Waals surface area contributed by atoms with Gasteiger partial charge in [0, 0.05) is 32.3 Å². The summed E-state index contributed by atoms with van der Waals surface area (Å²) >= 11 is 11.8. The molecular weight excluding hydrogens is 285 g/mol. The lowest BCUT2D eigenvalue weighted by atomic mass is 10.1. The van der Waals surface area contributed by atoms with Crippen LogP contribution in [0.15, 0.2) is 12.3 Å². The minimum Gasteiger partial charge on any atom is -0.368 e. The van der Waals surface area contributed by atoms with Gasteiger partial charge in [0.05, 0.1) is 10.0 Å². The van der Waals surface area contributed by atoms with Gasteiger partial charge in [0.2, 0.25) is 5.91 Å². The Kier molecular flexibility index (Phi) is 5.28. The van der Waals surface area contributed by atoms with Crippen LogP contribution in [-0.4, -0.2) is 35.4 Å². The van der Waals surface area contributed by atoms with E-state index in [1.165, 1.54) is 12.6 Å². The SMILES string of the molecule is O=C(CCNc1ncc(Cl)cc1Cl)N1CCCCC1. The van der Waals surface area contributed by atoms with E-state index in [2.05, 4.69) is 10.3 Å². The number of likely N-dealkylation sites (tertiary alicyclic amines) is 1. The Bertz CT molecular complexity index is 448. The zero-order valence-corrected chi connectivity index (χ0v) is 12.2. The van der Waals surface area contributed by atoms with Crippen molar-refractivity contribution in [1.29, 1.82) is 0 Å². The molecule has 0 spiro atoms. The van der Waals surface area contributed by atoms with Crippen molar-refractivity contribution in [3.8, 4) is 0 Å². The third-order valence-electron chi connectivity index (χ3n) is 3.15. The predicted molar refractivity (Wildman–Crippen MR) is 77.8 cm³/mol. The van der Waals surface area contributed by atoms with E-state index in [-0.39, 0.29) is 5.91 Å². The van der Waals surface area contributed by atoms with Gasteiger partial charge in [-0.2, -0.15) is 0 Å². The Labute approximate surface area is 123 Å². The van der Waals surface area contributed by atoms with Crippen molar-refractivity contribution in [2.45, 2.75) is 25.7 Å². The number of halogens is 2. The first kappa shape index (κ1) is 14.4. The third-order valence-corrected chi connectivity index (χ3v) is 3.64. The number of aromatic nitrogens is 1. The molecule has 1 N–H and O–H groups in total. The molecule has 0 aliphatic carbocycles. The number of amides is 1. The summed E-state index contributed by atoms with van der Waals surface area (Å²) in [4.78, 5) is 18.0. The molecular formula is C13H17Cl2N3O. The molecule has 6 heteroatoms. The van der Waals surface area contributed by atoms with E-state index < -0.39 is 0 Å². The Morgan fingerprint density at radius 1 is 1.32 bits per heavy atom. The molecule has 1 aromatic rings. The van der Waals surface area contributed by atoms with Crippen LogP contribution < -0.4 is 5.32 Å². The average Bonchev–Trinajstić information content (AvgIpc) is 2.42. The molecule has 1 aliphatic rings. The Morgan fingerprint density at radius 3 is 2.74 bits per heavy atom. The van der Waals surface area contributed by atoms with E-state index >= 15 is 0 Å². The van der Waals surface area contributed by atoms with Gasteiger partial charge in [-0.3, -0.25) is 4.79 Å². The Balaban J connectivity index is 1.78. The molecule has 104 valence electrons. The fourth-order valence-electron chi connectivity index (χ4n) is 2.13. The molecule has 0 radical (unpaired) electrons. The highest BCUT2D eigenvalue weighted by Gasteiger charge is 2.15. The number of carbonyl (C=O) groups is 1. The predicted octanol–water partition coefficient (Wildman–Crippen LogP) is 3.20. The summed E-state index contributed by atoms with van der Waals surface area (Å²) in [6.45, 7) is 2.31. The number of hydrogen-bond donors (Lipinski definition) is 1. The molecule has 0 aromatic carbocycles. The molecule has 1 aromatic heterocycles. The lowest BCUT2D eigenvalue weighted by Crippen LogP contribution is -2.36. The smallest absolute Gasteiger partial charge is 0.224 e. The van der Waals surface area contributed by atoms with Crippen molar-refractivity contribution in [3.63, 3.8) is 0 Å². The van der Waals surface area contributed by atoms with Crippen LogP contribution in [0, 0.1) is 0 Å². The summed E-state index contributed by atoms with van der Waals surface area (Å²) in [6.07, 6.45) is 5.45. The molecule has 0 unspecified atom stereocenters. The zero-order valence-electron chi connectivity index (χ0n) is 10.7. The second-order valence-corrected chi connectivity index (χ2v) is 5.45. The third kappa shape index (κ3) is 4.25. The summed E-state index contributed by atoms with van der Waals surface area (Å²) in [7, 11) is 0. The number of pyridine rings is 1. The van der Waals surface area contributed by atoms with Crippen LogP contribution in [0.3, 0.4) is 0 Å². The minimum absolute atomic E-state index is 0.192. The maximum absolute atomic E-state index is 11.9. The Hall–Kier alpha value is -1.00. The number of anilines is 1. The summed E-state index contributed by atoms with van der Waals surface area (Å²) in [5.41, 5.74) is 0. The van der Waals surface area contributed by atoms with Crippen molar-refractivity contribution in [1.82, 2.24) is 9.88 Å². The second-order valence-electron chi connectivity index (χ2n) is 4.60. The van der Waals surface area contributed by atoms with Crippen LogP contribution in [0.1, 0.15) is 25.7 Å². The second kappa shape index (κ2) is 6.96. The monoisotopic (exact) mass is 301 g/mol. The molecule has 2 heterocycles. The van der Waals surface area contributed by atoms with Gasteiger partial charge in [0.1, 0.15) is 5.82 Å². The maximum Gasteiger partial charge on any atom is 0.224 e. The van der Waals surface area contributed by atoms with Crippen LogP contribution in [0.25, 0.3) is 0 Å². The first-order valence-corrected chi connectivity index (χ1v) is 7.25. The van der Waals surface area contributed by atoms with E-state index in [9.17, 15) is 4.79 Å². The van der Waals surface area contributed by atoms with Gasteiger partial charge < -0.3 is 10.2 Å². The average molecular weight is 302 g/mol. The van der Waals surface area contributed by atoms with E-state index in [0.29, 0.717) is 28.8 Å². The number of nitrogens with zero attached hydrogens (tertiary/aromatic N) is 2. The van der Waals surface area contributed by atoms with E-state index in [1.54, 1.807) is 6.07 Å². The van der Waals surface area contributed by atoms with Gasteiger partial charge in [-0.15, -0.1) is 0 Å². The van der Waals surface area contributed by atoms with Crippen molar-refractivity contribution in [3.05, 3.63) is 22.3 Å². The van der Waals surface area contributed by atoms with Crippen molar-refractivity contribution in [2.24, 2.45) is 0 Å². The van der Waals surface area contributed by atoms with Gasteiger partial charge >= 0.3 is 0 Å². The van der Waals surface area contributed by atoms with Gasteiger partial charge in [0.25, 0.3) is 0 Å². The maximum atomic E-state index is 11.9. The molecule has 1 fully saturated rings. The standard InChI is InChI=1S/C13H17Cl2N3O/c14-10-8-11(15)13(17-9-10)16-5-4-12(19)18-6-2-1-3-7-18/h8-9H,1-7H2,(H,16,17). The quantitative estimate of drug-likeness (QED) is 0.929. The molecule has 2 rings (SSSR count). The Morgan fingerprint density at radius 2 is 2.05 bits per heavy atom. The van der Waals surface area contributed by atoms with E-state index in [4.69, 9.17) is 23.2 Å². The minimum atomic E-state index is 0.192. The number of rotatable bonds is 4. The van der Waals surface area contributed by atoms with Crippen LogP contribution in [0.2, 0.25) is 10.0 Å². The topological polar surface area (TPSA) is 45.2 Å². The summed E-state index contributed by atoms with van der Waals surface area (Å²) < 4.78 is 0. The highest BCUT2D eigenvalue weighted by molar-refractivity contribution is 6.35. The molecule has 1 aliphatic heterocycles. The normalized spacial score (nSPS) is 15.4. The molecule has 4 nitrogen and oxygen atoms in total. The number of nitrogens with one attached hydrogen (secondary N) is 1. The molecule has 0 bridgehead atoms. The molecule has 1 saturated heterocycles. The van der Waals surface area contributed by atoms with Crippen LogP contribution in [-0.2, 0) is 4.79 Å². The van der Waals surface area contributed by atoms with Gasteiger partial charge in [-0.1, -0.05) is 23.2 Å². The lowest BCUT2D eigenvalue weighted by Gasteiger charge is -2.26. The molecule has 19 heavy (non-hydrogen) atoms. The largest absolute Gasteiger partial charge is 0.368 e. The van der Waals surface area contributed by atoms with Crippen molar-refractivity contribution < 1.29 is 4.79 Å². The van der Waals surface area contributed by atoms with Crippen LogP contribution in [0.5, 0.6) is 0 Å². The zero-order chi connectivity index (χ0) is 13.7. The molecule has 1 amide bonds. The van der Waals surface area contributed by atoms with E-state index in [0.717, 1.165) is 25.9 Å². The first-order chi connectivity index (χ1) is 9.16. The van der Waals surface area contributed by atoms with Gasteiger partial charge in [-0.05, 0) is 25.3 Å². The van der Waals surface area contributed by atoms with Crippen LogP contribution >= 0.6 is 23.2 Å². The fourth-order valence-corrected chi connectivity index (χ4v) is 2.58. The van der Waals surface area contributed by atoms with Crippen molar-refractivity contribution in [2.75, 3.05) is 25.0 Å². The lowest BCUT2D eigenvalue weighted by molar-refractivity contribution is -0.131. The number of piperidine rings is 1. The van der Waals surface area contributed by atoms with E-state index in [1.807, 2.05) is 4.90 Å². The highest BCUT2D eigenvalue weighted by atomic mass is 35.5. The number of carbonyl (C=O) groups excluding carboxylic acids is 1. The first-order valence-electron chi connectivity index (χ1n) is 6.49. The van der Waals surface area contributed by atoms with Gasteiger partial charge in [-0.25, -0.2) is 4.98 Å². The summed E-state index contributed by atoms with van der Waals surface area (Å²) in [6, 6.07) is 1.63. The molecule has 0 saturated carbocycles. The fraction of sp³-hybridized carbons (Fsp3) is 0.538. The van der Waals surface area contributed by atoms with Crippen LogP contribution in [0.4, 0.5) is 5.82 Å². The van der Waals surface area contributed by atoms with Crippen molar-refractivity contribution >= 4 is 34.9 Å². The highest BCUT2D eigenvalue weighted by Crippen LogP contribution is 2.22. The number of hydrogen-bond acceptors (Lipinski definition) is 3. The summed E-state index contributed by atoms with van der Waals surface area (Å²) in [5.74, 6) is 0.759. The molecule has 0 atom stereocenters. The summed E-state index contributed by atoms with van der Waals surface area (Å²) in [5, 5.41) is 4.03.